The molecule has 4 rings (SSSR count). The van der Waals surface area contributed by atoms with Crippen LogP contribution in [0, 0.1) is 0 Å². The molecule has 1 aromatic carbocycles. The van der Waals surface area contributed by atoms with Crippen LogP contribution in [0.4, 0.5) is 0 Å². The average Bonchev–Trinajstić information content (AvgIpc) is 3.13. The van der Waals surface area contributed by atoms with Gasteiger partial charge in [-0.1, -0.05) is 29.8 Å². The first-order valence-corrected chi connectivity index (χ1v) is 9.22. The van der Waals surface area contributed by atoms with Crippen LogP contribution in [0.1, 0.15) is 16.8 Å². The minimum Gasteiger partial charge on any atom is -0.506 e. The summed E-state index contributed by atoms with van der Waals surface area (Å²) in [6.45, 7) is 1.95. The number of halogens is 1. The lowest BCUT2D eigenvalue weighted by Gasteiger charge is -2.28. The zero-order valence-electron chi connectivity index (χ0n) is 13.3. The number of nitrogens with zero attached hydrogens (tertiary/aromatic N) is 2. The highest BCUT2D eigenvalue weighted by molar-refractivity contribution is 7.13. The number of phenols is 1. The Balaban J connectivity index is 1.62. The van der Waals surface area contributed by atoms with E-state index in [0.717, 1.165) is 28.2 Å². The van der Waals surface area contributed by atoms with Crippen LogP contribution in [0.5, 0.6) is 5.75 Å². The second-order valence-corrected chi connectivity index (χ2v) is 7.35. The Morgan fingerprint density at radius 3 is 3.00 bits per heavy atom. The van der Waals surface area contributed by atoms with Gasteiger partial charge < -0.3 is 10.1 Å². The second-order valence-electron chi connectivity index (χ2n) is 6.03. The zero-order chi connectivity index (χ0) is 17.4. The number of benzene rings is 1. The van der Waals surface area contributed by atoms with Crippen molar-refractivity contribution < 1.29 is 5.11 Å². The molecular weight excluding hydrogens is 358 g/mol. The highest BCUT2D eigenvalue weighted by Crippen LogP contribution is 2.29. The van der Waals surface area contributed by atoms with E-state index < -0.39 is 0 Å². The molecule has 0 radical (unpaired) electrons. The predicted molar refractivity (Wildman–Crippen MR) is 99.1 cm³/mol. The molecule has 1 aliphatic heterocycles. The Hall–Kier alpha value is -2.15. The van der Waals surface area contributed by atoms with Crippen LogP contribution in [0.25, 0.3) is 10.7 Å². The van der Waals surface area contributed by atoms with E-state index in [4.69, 9.17) is 11.6 Å². The van der Waals surface area contributed by atoms with Gasteiger partial charge in [-0.3, -0.25) is 9.69 Å². The molecule has 3 aromatic rings. The summed E-state index contributed by atoms with van der Waals surface area (Å²) >= 11 is 7.74. The van der Waals surface area contributed by atoms with Gasteiger partial charge in [-0.2, -0.15) is 0 Å². The monoisotopic (exact) mass is 373 g/mol. The fourth-order valence-electron chi connectivity index (χ4n) is 3.09. The first-order chi connectivity index (χ1) is 12.1. The van der Waals surface area contributed by atoms with Crippen LogP contribution in [-0.2, 0) is 19.5 Å². The molecule has 7 heteroatoms. The highest BCUT2D eigenvalue weighted by atomic mass is 35.5. The first kappa shape index (κ1) is 16.3. The standard InChI is InChI=1S/C18H16ClN3O2S/c19-16-11(3-1-4-14(16)23)9-22-7-6-12-13(10-22)20-17(21-18(12)24)15-5-2-8-25-15/h1-5,8,23H,6-7,9-10H2,(H,20,21,24). The van der Waals surface area contributed by atoms with E-state index in [1.54, 1.807) is 23.5 Å². The number of phenolic OH excluding ortho intramolecular Hbond substituents is 1. The van der Waals surface area contributed by atoms with Gasteiger partial charge in [-0.05, 0) is 29.5 Å². The number of aromatic nitrogens is 2. The summed E-state index contributed by atoms with van der Waals surface area (Å²) in [5, 5.41) is 12.1. The van der Waals surface area contributed by atoms with Gasteiger partial charge in [-0.15, -0.1) is 11.3 Å². The number of rotatable bonds is 3. The van der Waals surface area contributed by atoms with Gasteiger partial charge in [0.1, 0.15) is 5.75 Å². The van der Waals surface area contributed by atoms with Crippen molar-refractivity contribution in [2.45, 2.75) is 19.5 Å². The number of hydrogen-bond donors (Lipinski definition) is 2. The summed E-state index contributed by atoms with van der Waals surface area (Å²) in [7, 11) is 0. The first-order valence-electron chi connectivity index (χ1n) is 7.96. The third-order valence-electron chi connectivity index (χ3n) is 4.36. The number of H-pyrrole nitrogens is 1. The Bertz CT molecular complexity index is 969. The highest BCUT2D eigenvalue weighted by Gasteiger charge is 2.22. The van der Waals surface area contributed by atoms with Crippen LogP contribution < -0.4 is 5.56 Å². The summed E-state index contributed by atoms with van der Waals surface area (Å²) < 4.78 is 0. The van der Waals surface area contributed by atoms with E-state index in [2.05, 4.69) is 14.9 Å². The summed E-state index contributed by atoms with van der Waals surface area (Å²) in [6, 6.07) is 9.15. The van der Waals surface area contributed by atoms with Gasteiger partial charge in [0.2, 0.25) is 0 Å². The molecule has 25 heavy (non-hydrogen) atoms. The maximum Gasteiger partial charge on any atom is 0.254 e. The van der Waals surface area contributed by atoms with E-state index in [0.29, 0.717) is 30.4 Å². The lowest BCUT2D eigenvalue weighted by atomic mass is 10.1. The molecule has 5 nitrogen and oxygen atoms in total. The number of aromatic hydroxyl groups is 1. The summed E-state index contributed by atoms with van der Waals surface area (Å²) in [5.41, 5.74) is 2.39. The van der Waals surface area contributed by atoms with Crippen molar-refractivity contribution in [3.05, 3.63) is 67.9 Å². The minimum absolute atomic E-state index is 0.0524. The van der Waals surface area contributed by atoms with Crippen molar-refractivity contribution in [1.29, 1.82) is 0 Å². The van der Waals surface area contributed by atoms with Crippen LogP contribution in [0.2, 0.25) is 5.02 Å². The molecule has 0 fully saturated rings. The molecule has 128 valence electrons. The maximum absolute atomic E-state index is 12.4. The summed E-state index contributed by atoms with van der Waals surface area (Å²) in [5.74, 6) is 0.710. The van der Waals surface area contributed by atoms with Crippen molar-refractivity contribution in [3.8, 4) is 16.5 Å². The third kappa shape index (κ3) is 3.20. The fourth-order valence-corrected chi connectivity index (χ4v) is 3.94. The number of thiophene rings is 1. The van der Waals surface area contributed by atoms with Gasteiger partial charge in [0, 0.05) is 25.2 Å². The summed E-state index contributed by atoms with van der Waals surface area (Å²) in [4.78, 5) is 23.1. The molecule has 0 bridgehead atoms. The molecular formula is C18H16ClN3O2S. The van der Waals surface area contributed by atoms with Crippen LogP contribution >= 0.6 is 22.9 Å². The Morgan fingerprint density at radius 1 is 1.32 bits per heavy atom. The molecule has 0 atom stereocenters. The smallest absolute Gasteiger partial charge is 0.254 e. The van der Waals surface area contributed by atoms with Crippen molar-refractivity contribution >= 4 is 22.9 Å². The SMILES string of the molecule is O=c1[nH]c(-c2cccs2)nc2c1CCN(Cc1cccc(O)c1Cl)C2. The molecule has 0 spiro atoms. The molecule has 2 aromatic heterocycles. The predicted octanol–water partition coefficient (Wildman–Crippen LogP) is 3.42. The molecule has 0 amide bonds. The largest absolute Gasteiger partial charge is 0.506 e. The van der Waals surface area contributed by atoms with Gasteiger partial charge in [0.05, 0.1) is 15.6 Å². The number of nitrogens with one attached hydrogen (secondary N) is 1. The minimum atomic E-state index is -0.0524. The topological polar surface area (TPSA) is 69.2 Å². The average molecular weight is 374 g/mol. The van der Waals surface area contributed by atoms with Gasteiger partial charge in [0.25, 0.3) is 5.56 Å². The van der Waals surface area contributed by atoms with Crippen LogP contribution in [-0.4, -0.2) is 26.5 Å². The van der Waals surface area contributed by atoms with E-state index in [9.17, 15) is 9.90 Å². The number of aromatic amines is 1. The molecule has 0 unspecified atom stereocenters. The van der Waals surface area contributed by atoms with Crippen LogP contribution in [0.15, 0.2) is 40.5 Å². The van der Waals surface area contributed by atoms with Gasteiger partial charge >= 0.3 is 0 Å². The molecule has 1 aliphatic rings. The van der Waals surface area contributed by atoms with Gasteiger partial charge in [0.15, 0.2) is 5.82 Å². The number of fused-ring (bicyclic) bond motifs is 1. The molecule has 0 aliphatic carbocycles. The lowest BCUT2D eigenvalue weighted by molar-refractivity contribution is 0.240. The molecule has 0 saturated heterocycles. The molecule has 3 heterocycles. The fraction of sp³-hybridized carbons (Fsp3) is 0.222. The quantitative estimate of drug-likeness (QED) is 0.738. The van der Waals surface area contributed by atoms with Crippen molar-refractivity contribution in [1.82, 2.24) is 14.9 Å². The van der Waals surface area contributed by atoms with Gasteiger partial charge in [-0.25, -0.2) is 4.98 Å². The summed E-state index contributed by atoms with van der Waals surface area (Å²) in [6.07, 6.45) is 0.652. The Labute approximate surface area is 153 Å². The molecule has 2 N–H and O–H groups in total. The lowest BCUT2D eigenvalue weighted by Crippen LogP contribution is -2.35. The maximum atomic E-state index is 12.4. The second kappa shape index (κ2) is 6.63. The third-order valence-corrected chi connectivity index (χ3v) is 5.67. The molecule has 0 saturated carbocycles. The van der Waals surface area contributed by atoms with E-state index in [1.807, 2.05) is 23.6 Å². The van der Waals surface area contributed by atoms with E-state index in [-0.39, 0.29) is 11.3 Å². The van der Waals surface area contributed by atoms with Crippen LogP contribution in [0.3, 0.4) is 0 Å². The normalized spacial score (nSPS) is 14.4. The van der Waals surface area contributed by atoms with Crippen molar-refractivity contribution in [2.24, 2.45) is 0 Å². The number of hydrogen-bond acceptors (Lipinski definition) is 5. The zero-order valence-corrected chi connectivity index (χ0v) is 14.9. The Morgan fingerprint density at radius 2 is 2.20 bits per heavy atom. The Kier molecular flexibility index (Phi) is 4.33. The van der Waals surface area contributed by atoms with Crippen molar-refractivity contribution in [3.63, 3.8) is 0 Å². The van der Waals surface area contributed by atoms with E-state index >= 15 is 0 Å². The van der Waals surface area contributed by atoms with E-state index in [1.165, 1.54) is 0 Å². The van der Waals surface area contributed by atoms with Crippen molar-refractivity contribution in [2.75, 3.05) is 6.54 Å².